The smallest absolute Gasteiger partial charge is 0.261 e. The summed E-state index contributed by atoms with van der Waals surface area (Å²) in [5, 5.41) is 12.3. The zero-order chi connectivity index (χ0) is 14.7. The lowest BCUT2D eigenvalue weighted by molar-refractivity contribution is -0.121. The molecule has 1 fully saturated rings. The number of carbonyl (C=O) groups excluding carboxylic acids is 1. The van der Waals surface area contributed by atoms with Crippen molar-refractivity contribution in [3.63, 3.8) is 0 Å². The van der Waals surface area contributed by atoms with Crippen LogP contribution in [0.25, 0.3) is 11.0 Å². The summed E-state index contributed by atoms with van der Waals surface area (Å²) in [5.41, 5.74) is 5.36. The number of rotatable bonds is 3. The lowest BCUT2D eigenvalue weighted by Gasteiger charge is -2.18. The van der Waals surface area contributed by atoms with Gasteiger partial charge in [0.05, 0.1) is 5.52 Å². The minimum Gasteiger partial charge on any atom is -0.271 e. The van der Waals surface area contributed by atoms with Crippen molar-refractivity contribution in [3.8, 4) is 0 Å². The normalized spacial score (nSPS) is 18.7. The van der Waals surface area contributed by atoms with Gasteiger partial charge in [0.1, 0.15) is 12.1 Å². The SMILES string of the molecule is CC1CCC(=NNC(=O)Cn2nnc3ccccc32)CC1. The van der Waals surface area contributed by atoms with E-state index < -0.39 is 0 Å². The third kappa shape index (κ3) is 3.26. The monoisotopic (exact) mass is 285 g/mol. The minimum atomic E-state index is -0.170. The van der Waals surface area contributed by atoms with Gasteiger partial charge in [-0.1, -0.05) is 24.3 Å². The van der Waals surface area contributed by atoms with Gasteiger partial charge in [-0.05, 0) is 43.7 Å². The van der Waals surface area contributed by atoms with Crippen LogP contribution in [0.15, 0.2) is 29.4 Å². The summed E-state index contributed by atoms with van der Waals surface area (Å²) in [4.78, 5) is 12.0. The highest BCUT2D eigenvalue weighted by atomic mass is 16.2. The van der Waals surface area contributed by atoms with Crippen LogP contribution < -0.4 is 5.43 Å². The number of nitrogens with one attached hydrogen (secondary N) is 1. The van der Waals surface area contributed by atoms with E-state index in [2.05, 4.69) is 27.8 Å². The fourth-order valence-corrected chi connectivity index (χ4v) is 2.55. The summed E-state index contributed by atoms with van der Waals surface area (Å²) < 4.78 is 1.59. The highest BCUT2D eigenvalue weighted by Gasteiger charge is 2.14. The molecule has 1 saturated carbocycles. The summed E-state index contributed by atoms with van der Waals surface area (Å²) >= 11 is 0. The number of nitrogens with zero attached hydrogens (tertiary/aromatic N) is 4. The summed E-state index contributed by atoms with van der Waals surface area (Å²) in [7, 11) is 0. The number of amides is 1. The van der Waals surface area contributed by atoms with Crippen LogP contribution in [0.3, 0.4) is 0 Å². The Bertz CT molecular complexity index is 666. The first-order valence-corrected chi connectivity index (χ1v) is 7.35. The highest BCUT2D eigenvalue weighted by molar-refractivity contribution is 5.87. The van der Waals surface area contributed by atoms with Crippen molar-refractivity contribution in [3.05, 3.63) is 24.3 Å². The van der Waals surface area contributed by atoms with Crippen LogP contribution in [0.2, 0.25) is 0 Å². The average Bonchev–Trinajstić information content (AvgIpc) is 2.90. The number of carbonyl (C=O) groups is 1. The van der Waals surface area contributed by atoms with Gasteiger partial charge in [-0.15, -0.1) is 5.10 Å². The molecule has 1 amide bonds. The van der Waals surface area contributed by atoms with Crippen LogP contribution in [0.5, 0.6) is 0 Å². The Labute approximate surface area is 123 Å². The van der Waals surface area contributed by atoms with Crippen molar-refractivity contribution in [1.82, 2.24) is 20.4 Å². The van der Waals surface area contributed by atoms with Crippen LogP contribution in [0.4, 0.5) is 0 Å². The maximum Gasteiger partial charge on any atom is 0.261 e. The Morgan fingerprint density at radius 1 is 1.38 bits per heavy atom. The van der Waals surface area contributed by atoms with Gasteiger partial charge in [0.2, 0.25) is 0 Å². The van der Waals surface area contributed by atoms with Crippen molar-refractivity contribution in [2.24, 2.45) is 11.0 Å². The van der Waals surface area contributed by atoms with Crippen molar-refractivity contribution in [2.45, 2.75) is 39.2 Å². The molecular weight excluding hydrogens is 266 g/mol. The van der Waals surface area contributed by atoms with Crippen LogP contribution >= 0.6 is 0 Å². The first-order valence-electron chi connectivity index (χ1n) is 7.35. The largest absolute Gasteiger partial charge is 0.271 e. The summed E-state index contributed by atoms with van der Waals surface area (Å²) in [6.45, 7) is 2.39. The molecule has 6 nitrogen and oxygen atoms in total. The molecule has 0 bridgehead atoms. The van der Waals surface area contributed by atoms with Crippen LogP contribution in [0, 0.1) is 5.92 Å². The van der Waals surface area contributed by atoms with Crippen molar-refractivity contribution >= 4 is 22.7 Å². The highest BCUT2D eigenvalue weighted by Crippen LogP contribution is 2.20. The third-order valence-corrected chi connectivity index (χ3v) is 3.90. The molecular formula is C15H19N5O. The van der Waals surface area contributed by atoms with Crippen LogP contribution in [-0.2, 0) is 11.3 Å². The predicted octanol–water partition coefficient (Wildman–Crippen LogP) is 2.11. The Balaban J connectivity index is 1.60. The van der Waals surface area contributed by atoms with E-state index in [0.29, 0.717) is 0 Å². The Morgan fingerprint density at radius 2 is 2.14 bits per heavy atom. The molecule has 1 aromatic heterocycles. The van der Waals surface area contributed by atoms with Crippen LogP contribution in [0.1, 0.15) is 32.6 Å². The molecule has 1 aliphatic rings. The standard InChI is InChI=1S/C15H19N5O/c1-11-6-8-12(9-7-11)16-18-15(21)10-20-14-5-3-2-4-13(14)17-19-20/h2-5,11H,6-10H2,1H3,(H,18,21). The summed E-state index contributed by atoms with van der Waals surface area (Å²) in [6.07, 6.45) is 4.27. The molecule has 6 heteroatoms. The van der Waals surface area contributed by atoms with Gasteiger partial charge in [0.25, 0.3) is 5.91 Å². The molecule has 1 aromatic carbocycles. The molecule has 1 N–H and O–H groups in total. The van der Waals surface area contributed by atoms with Crippen molar-refractivity contribution in [1.29, 1.82) is 0 Å². The van der Waals surface area contributed by atoms with E-state index in [1.54, 1.807) is 4.68 Å². The molecule has 1 aliphatic carbocycles. The molecule has 0 atom stereocenters. The molecule has 1 heterocycles. The molecule has 3 rings (SSSR count). The maximum absolute atomic E-state index is 12.0. The van der Waals surface area contributed by atoms with Crippen molar-refractivity contribution < 1.29 is 4.79 Å². The lowest BCUT2D eigenvalue weighted by atomic mass is 9.90. The van der Waals surface area contributed by atoms with E-state index in [1.807, 2.05) is 24.3 Å². The predicted molar refractivity (Wildman–Crippen MR) is 80.7 cm³/mol. The second-order valence-electron chi connectivity index (χ2n) is 5.63. The molecule has 0 unspecified atom stereocenters. The first kappa shape index (κ1) is 13.7. The van der Waals surface area contributed by atoms with Gasteiger partial charge in [-0.25, -0.2) is 10.1 Å². The van der Waals surface area contributed by atoms with E-state index in [9.17, 15) is 4.79 Å². The Hall–Kier alpha value is -2.24. The lowest BCUT2D eigenvalue weighted by Crippen LogP contribution is -2.26. The number of hydrazone groups is 1. The number of para-hydroxylation sites is 1. The van der Waals surface area contributed by atoms with Gasteiger partial charge in [-0.3, -0.25) is 4.79 Å². The zero-order valence-corrected chi connectivity index (χ0v) is 12.1. The fraction of sp³-hybridized carbons (Fsp3) is 0.467. The fourth-order valence-electron chi connectivity index (χ4n) is 2.55. The minimum absolute atomic E-state index is 0.133. The van der Waals surface area contributed by atoms with E-state index in [-0.39, 0.29) is 12.5 Å². The quantitative estimate of drug-likeness (QED) is 0.878. The number of hydrogen-bond acceptors (Lipinski definition) is 4. The summed E-state index contributed by atoms with van der Waals surface area (Å²) in [6, 6.07) is 7.58. The van der Waals surface area contributed by atoms with E-state index >= 15 is 0 Å². The van der Waals surface area contributed by atoms with Crippen LogP contribution in [-0.4, -0.2) is 26.6 Å². The van der Waals surface area contributed by atoms with Crippen molar-refractivity contribution in [2.75, 3.05) is 0 Å². The number of aromatic nitrogens is 3. The molecule has 0 aliphatic heterocycles. The zero-order valence-electron chi connectivity index (χ0n) is 12.1. The number of hydrogen-bond donors (Lipinski definition) is 1. The van der Waals surface area contributed by atoms with Gasteiger partial charge in [0.15, 0.2) is 0 Å². The van der Waals surface area contributed by atoms with Gasteiger partial charge < -0.3 is 0 Å². The van der Waals surface area contributed by atoms with E-state index in [1.165, 1.54) is 0 Å². The molecule has 0 spiro atoms. The van der Waals surface area contributed by atoms with Gasteiger partial charge in [0, 0.05) is 5.71 Å². The molecule has 0 saturated heterocycles. The molecule has 110 valence electrons. The third-order valence-electron chi connectivity index (χ3n) is 3.90. The molecule has 0 radical (unpaired) electrons. The van der Waals surface area contributed by atoms with E-state index in [0.717, 1.165) is 48.3 Å². The Morgan fingerprint density at radius 3 is 2.95 bits per heavy atom. The second-order valence-corrected chi connectivity index (χ2v) is 5.63. The average molecular weight is 285 g/mol. The number of fused-ring (bicyclic) bond motifs is 1. The molecule has 2 aromatic rings. The Kier molecular flexibility index (Phi) is 3.94. The second kappa shape index (κ2) is 6.03. The molecule has 21 heavy (non-hydrogen) atoms. The summed E-state index contributed by atoms with van der Waals surface area (Å²) in [5.74, 6) is 0.595. The first-order chi connectivity index (χ1) is 10.2. The maximum atomic E-state index is 12.0. The van der Waals surface area contributed by atoms with Gasteiger partial charge in [-0.2, -0.15) is 5.10 Å². The number of benzene rings is 1. The topological polar surface area (TPSA) is 72.2 Å². The van der Waals surface area contributed by atoms with E-state index in [4.69, 9.17) is 0 Å². The van der Waals surface area contributed by atoms with Gasteiger partial charge >= 0.3 is 0 Å².